The molecule has 1 aromatic heterocycles. The molecule has 0 amide bonds. The van der Waals surface area contributed by atoms with E-state index in [1.165, 1.54) is 32.7 Å². The number of benzene rings is 1. The van der Waals surface area contributed by atoms with E-state index < -0.39 is 5.97 Å². The van der Waals surface area contributed by atoms with Crippen molar-refractivity contribution >= 4 is 23.0 Å². The topological polar surface area (TPSA) is 66.4 Å². The predicted molar refractivity (Wildman–Crippen MR) is 88.0 cm³/mol. The van der Waals surface area contributed by atoms with Crippen molar-refractivity contribution in [1.82, 2.24) is 0 Å². The van der Waals surface area contributed by atoms with E-state index in [-0.39, 0.29) is 0 Å². The van der Waals surface area contributed by atoms with Crippen molar-refractivity contribution in [1.29, 1.82) is 0 Å². The van der Waals surface area contributed by atoms with Crippen molar-refractivity contribution in [2.45, 2.75) is 6.92 Å². The highest BCUT2D eigenvalue weighted by Crippen LogP contribution is 2.38. The quantitative estimate of drug-likeness (QED) is 0.460. The molecule has 0 atom stereocenters. The summed E-state index contributed by atoms with van der Waals surface area (Å²) in [7, 11) is 4.60. The fourth-order valence-corrected chi connectivity index (χ4v) is 2.49. The van der Waals surface area contributed by atoms with Crippen LogP contribution >= 0.6 is 11.3 Å². The van der Waals surface area contributed by atoms with Crippen LogP contribution < -0.4 is 14.2 Å². The summed E-state index contributed by atoms with van der Waals surface area (Å²) >= 11 is 1.30. The Kier molecular flexibility index (Phi) is 5.59. The normalized spacial score (nSPS) is 11.0. The fourth-order valence-electron chi connectivity index (χ4n) is 1.89. The van der Waals surface area contributed by atoms with E-state index in [0.717, 1.165) is 0 Å². The largest absolute Gasteiger partial charge is 0.493 e. The molecule has 0 radical (unpaired) electrons. The van der Waals surface area contributed by atoms with Crippen molar-refractivity contribution in [3.05, 3.63) is 40.1 Å². The summed E-state index contributed by atoms with van der Waals surface area (Å²) < 4.78 is 15.8. The van der Waals surface area contributed by atoms with E-state index >= 15 is 0 Å². The zero-order valence-electron chi connectivity index (χ0n) is 13.3. The smallest absolute Gasteiger partial charge is 0.375 e. The van der Waals surface area contributed by atoms with Gasteiger partial charge in [0.2, 0.25) is 5.75 Å². The van der Waals surface area contributed by atoms with Crippen LogP contribution in [0.2, 0.25) is 0 Å². The van der Waals surface area contributed by atoms with E-state index in [4.69, 9.17) is 19.0 Å². The lowest BCUT2D eigenvalue weighted by Crippen LogP contribution is -2.04. The first kappa shape index (κ1) is 16.8. The Labute approximate surface area is 138 Å². The lowest BCUT2D eigenvalue weighted by molar-refractivity contribution is 0.0522. The monoisotopic (exact) mass is 335 g/mol. The maximum atomic E-state index is 11.8. The molecule has 2 rings (SSSR count). The minimum absolute atomic E-state index is 0.488. The standard InChI is InChI=1S/C16H17NO5S/c1-10(17-22-16(18)14-6-5-7-23-14)11-8-12(19-2)15(21-4)13(9-11)20-3/h5-9H,1-4H3/b17-10+. The second-order valence-electron chi connectivity index (χ2n) is 4.45. The van der Waals surface area contributed by atoms with Gasteiger partial charge in [-0.1, -0.05) is 11.2 Å². The minimum atomic E-state index is -0.494. The third kappa shape index (κ3) is 3.81. The molecule has 1 heterocycles. The Balaban J connectivity index is 2.26. The van der Waals surface area contributed by atoms with Gasteiger partial charge in [-0.3, -0.25) is 0 Å². The fraction of sp³-hybridized carbons (Fsp3) is 0.250. The summed E-state index contributed by atoms with van der Waals surface area (Å²) in [6.45, 7) is 1.72. The predicted octanol–water partition coefficient (Wildman–Crippen LogP) is 3.35. The molecule has 0 saturated heterocycles. The molecule has 0 aliphatic heterocycles. The molecule has 23 heavy (non-hydrogen) atoms. The Morgan fingerprint density at radius 1 is 1.09 bits per heavy atom. The van der Waals surface area contributed by atoms with Gasteiger partial charge in [-0.15, -0.1) is 11.3 Å². The van der Waals surface area contributed by atoms with E-state index in [0.29, 0.717) is 33.4 Å². The summed E-state index contributed by atoms with van der Waals surface area (Å²) in [6.07, 6.45) is 0. The number of carbonyl (C=O) groups is 1. The van der Waals surface area contributed by atoms with Crippen LogP contribution in [-0.4, -0.2) is 33.0 Å². The van der Waals surface area contributed by atoms with Crippen LogP contribution in [0.3, 0.4) is 0 Å². The number of thiophene rings is 1. The molecule has 122 valence electrons. The van der Waals surface area contributed by atoms with Gasteiger partial charge in [0.05, 0.1) is 27.0 Å². The summed E-state index contributed by atoms with van der Waals surface area (Å²) in [5.41, 5.74) is 1.20. The number of methoxy groups -OCH3 is 3. The molecule has 0 saturated carbocycles. The molecule has 0 unspecified atom stereocenters. The number of nitrogens with zero attached hydrogens (tertiary/aromatic N) is 1. The van der Waals surface area contributed by atoms with E-state index in [2.05, 4.69) is 5.16 Å². The van der Waals surface area contributed by atoms with Crippen LogP contribution in [0, 0.1) is 0 Å². The van der Waals surface area contributed by atoms with Crippen LogP contribution in [0.15, 0.2) is 34.8 Å². The second-order valence-corrected chi connectivity index (χ2v) is 5.39. The van der Waals surface area contributed by atoms with Crippen molar-refractivity contribution in [2.24, 2.45) is 5.16 Å². The molecule has 7 heteroatoms. The second kappa shape index (κ2) is 7.64. The summed E-state index contributed by atoms with van der Waals surface area (Å²) in [6, 6.07) is 6.92. The van der Waals surface area contributed by atoms with Crippen LogP contribution in [-0.2, 0) is 4.84 Å². The molecule has 0 aliphatic carbocycles. The molecule has 6 nitrogen and oxygen atoms in total. The SMILES string of the molecule is COc1cc(/C(C)=N/OC(=O)c2cccs2)cc(OC)c1OC. The Morgan fingerprint density at radius 3 is 2.22 bits per heavy atom. The number of rotatable bonds is 6. The van der Waals surface area contributed by atoms with Crippen molar-refractivity contribution in [3.63, 3.8) is 0 Å². The summed E-state index contributed by atoms with van der Waals surface area (Å²) in [5.74, 6) is 0.996. The molecule has 0 spiro atoms. The van der Waals surface area contributed by atoms with Crippen molar-refractivity contribution < 1.29 is 23.8 Å². The van der Waals surface area contributed by atoms with Crippen LogP contribution in [0.4, 0.5) is 0 Å². The Morgan fingerprint density at radius 2 is 1.74 bits per heavy atom. The molecular weight excluding hydrogens is 318 g/mol. The lowest BCUT2D eigenvalue weighted by atomic mass is 10.1. The molecule has 0 N–H and O–H groups in total. The highest BCUT2D eigenvalue weighted by Gasteiger charge is 2.15. The average Bonchev–Trinajstić information content (AvgIpc) is 3.12. The highest BCUT2D eigenvalue weighted by atomic mass is 32.1. The molecule has 2 aromatic rings. The number of carbonyl (C=O) groups excluding carboxylic acids is 1. The van der Waals surface area contributed by atoms with Gasteiger partial charge in [0.25, 0.3) is 0 Å². The van der Waals surface area contributed by atoms with Crippen LogP contribution in [0.25, 0.3) is 0 Å². The van der Waals surface area contributed by atoms with Gasteiger partial charge in [-0.2, -0.15) is 0 Å². The van der Waals surface area contributed by atoms with Gasteiger partial charge in [0.1, 0.15) is 4.88 Å². The number of oxime groups is 1. The van der Waals surface area contributed by atoms with Crippen molar-refractivity contribution in [3.8, 4) is 17.2 Å². The van der Waals surface area contributed by atoms with Gasteiger partial charge >= 0.3 is 5.97 Å². The van der Waals surface area contributed by atoms with Crippen molar-refractivity contribution in [2.75, 3.05) is 21.3 Å². The molecule has 1 aromatic carbocycles. The summed E-state index contributed by atoms with van der Waals surface area (Å²) in [4.78, 5) is 17.2. The summed E-state index contributed by atoms with van der Waals surface area (Å²) in [5, 5.41) is 5.68. The third-order valence-corrected chi connectivity index (χ3v) is 3.92. The van der Waals surface area contributed by atoms with E-state index in [1.54, 1.807) is 36.6 Å². The van der Waals surface area contributed by atoms with Gasteiger partial charge < -0.3 is 19.0 Å². The first-order chi connectivity index (χ1) is 11.1. The van der Waals surface area contributed by atoms with Gasteiger partial charge in [0.15, 0.2) is 11.5 Å². The van der Waals surface area contributed by atoms with Gasteiger partial charge in [-0.05, 0) is 30.5 Å². The van der Waals surface area contributed by atoms with Gasteiger partial charge in [-0.25, -0.2) is 4.79 Å². The number of hydrogen-bond donors (Lipinski definition) is 0. The molecule has 0 aliphatic rings. The lowest BCUT2D eigenvalue weighted by Gasteiger charge is -2.13. The first-order valence-electron chi connectivity index (χ1n) is 6.70. The average molecular weight is 335 g/mol. The van der Waals surface area contributed by atoms with Gasteiger partial charge in [0, 0.05) is 5.56 Å². The van der Waals surface area contributed by atoms with E-state index in [9.17, 15) is 4.79 Å². The Bertz CT molecular complexity index is 684. The maximum absolute atomic E-state index is 11.8. The third-order valence-electron chi connectivity index (χ3n) is 3.07. The first-order valence-corrected chi connectivity index (χ1v) is 7.58. The van der Waals surface area contributed by atoms with Crippen LogP contribution in [0.5, 0.6) is 17.2 Å². The molecular formula is C16H17NO5S. The number of ether oxygens (including phenoxy) is 3. The molecule has 0 fully saturated rings. The highest BCUT2D eigenvalue weighted by molar-refractivity contribution is 7.11. The van der Waals surface area contributed by atoms with Crippen LogP contribution in [0.1, 0.15) is 22.2 Å². The Hall–Kier alpha value is -2.54. The molecule has 0 bridgehead atoms. The number of hydrogen-bond acceptors (Lipinski definition) is 7. The zero-order chi connectivity index (χ0) is 16.8. The maximum Gasteiger partial charge on any atom is 0.375 e. The minimum Gasteiger partial charge on any atom is -0.493 e. The van der Waals surface area contributed by atoms with E-state index in [1.807, 2.05) is 0 Å². The zero-order valence-corrected chi connectivity index (χ0v) is 14.1.